The van der Waals surface area contributed by atoms with Gasteiger partial charge in [-0.2, -0.15) is 0 Å². The van der Waals surface area contributed by atoms with E-state index in [1.807, 2.05) is 6.92 Å². The van der Waals surface area contributed by atoms with Crippen molar-refractivity contribution in [3.05, 3.63) is 28.2 Å². The van der Waals surface area contributed by atoms with E-state index in [0.29, 0.717) is 17.7 Å². The summed E-state index contributed by atoms with van der Waals surface area (Å²) in [6.07, 6.45) is 1.20. The molecule has 0 fully saturated rings. The van der Waals surface area contributed by atoms with E-state index >= 15 is 0 Å². The van der Waals surface area contributed by atoms with Crippen LogP contribution in [0.15, 0.2) is 27.8 Å². The molecule has 92 valence electrons. The average Bonchev–Trinajstić information content (AvgIpc) is 2.30. The number of hydrogen-bond acceptors (Lipinski definition) is 3. The predicted molar refractivity (Wildman–Crippen MR) is 70.2 cm³/mol. The fraction of sp³-hybridized carbons (Fsp3) is 0.273. The second-order valence-corrected chi connectivity index (χ2v) is 4.39. The van der Waals surface area contributed by atoms with Crippen LogP contribution in [-0.4, -0.2) is 17.0 Å². The maximum absolute atomic E-state index is 11.5. The maximum atomic E-state index is 11.5. The van der Waals surface area contributed by atoms with Gasteiger partial charge >= 0.3 is 0 Å². The van der Waals surface area contributed by atoms with Crippen molar-refractivity contribution in [3.63, 3.8) is 0 Å². The molecular weight excluding hydrogens is 286 g/mol. The van der Waals surface area contributed by atoms with Crippen LogP contribution in [0.4, 0.5) is 5.69 Å². The fourth-order valence-electron chi connectivity index (χ4n) is 1.33. The molecule has 4 N–H and O–H groups in total. The summed E-state index contributed by atoms with van der Waals surface area (Å²) < 4.78 is 0.785. The summed E-state index contributed by atoms with van der Waals surface area (Å²) in [5.41, 5.74) is 6.55. The number of hydrogen-bond donors (Lipinski definition) is 3. The minimum absolute atomic E-state index is 0.0434. The summed E-state index contributed by atoms with van der Waals surface area (Å²) in [6, 6.07) is 5.15. The number of carbonyl (C=O) groups is 1. The third kappa shape index (κ3) is 3.74. The number of anilines is 1. The zero-order valence-corrected chi connectivity index (χ0v) is 11.0. The number of nitrogens with zero attached hydrogens (tertiary/aromatic N) is 1. The number of oxime groups is 1. The summed E-state index contributed by atoms with van der Waals surface area (Å²) in [5.74, 6) is -0.139. The van der Waals surface area contributed by atoms with Gasteiger partial charge in [0.25, 0.3) is 0 Å². The summed E-state index contributed by atoms with van der Waals surface area (Å²) >= 11 is 3.29. The summed E-state index contributed by atoms with van der Waals surface area (Å²) in [5, 5.41) is 14.3. The monoisotopic (exact) mass is 299 g/mol. The lowest BCUT2D eigenvalue weighted by molar-refractivity contribution is -0.116. The van der Waals surface area contributed by atoms with Crippen LogP contribution >= 0.6 is 15.9 Å². The summed E-state index contributed by atoms with van der Waals surface area (Å²) in [4.78, 5) is 11.5. The lowest BCUT2D eigenvalue weighted by atomic mass is 10.1. The van der Waals surface area contributed by atoms with E-state index in [1.54, 1.807) is 18.2 Å². The first-order valence-corrected chi connectivity index (χ1v) is 5.95. The summed E-state index contributed by atoms with van der Waals surface area (Å²) in [6.45, 7) is 1.92. The molecule has 1 aromatic carbocycles. The topological polar surface area (TPSA) is 87.7 Å². The number of carbonyl (C=O) groups excluding carboxylic acids is 1. The molecule has 1 rings (SSSR count). The van der Waals surface area contributed by atoms with Gasteiger partial charge in [-0.3, -0.25) is 4.79 Å². The number of nitrogens with two attached hydrogens (primary N) is 1. The average molecular weight is 300 g/mol. The number of halogens is 1. The van der Waals surface area contributed by atoms with E-state index in [1.165, 1.54) is 0 Å². The lowest BCUT2D eigenvalue weighted by Crippen LogP contribution is -2.18. The van der Waals surface area contributed by atoms with E-state index in [0.717, 1.165) is 10.9 Å². The molecule has 1 aromatic rings. The molecule has 0 saturated heterocycles. The Bertz CT molecular complexity index is 446. The third-order valence-corrected chi connectivity index (χ3v) is 2.61. The molecule has 6 heteroatoms. The van der Waals surface area contributed by atoms with E-state index in [9.17, 15) is 4.79 Å². The molecule has 0 unspecified atom stereocenters. The van der Waals surface area contributed by atoms with Crippen molar-refractivity contribution >= 4 is 33.4 Å². The SMILES string of the molecule is CCCC(=O)Nc1ccc(Br)cc1/C(N)=N/O. The molecule has 5 nitrogen and oxygen atoms in total. The highest BCUT2D eigenvalue weighted by Gasteiger charge is 2.10. The van der Waals surface area contributed by atoms with E-state index in [-0.39, 0.29) is 11.7 Å². The van der Waals surface area contributed by atoms with Crippen LogP contribution in [0.2, 0.25) is 0 Å². The number of nitrogens with one attached hydrogen (secondary N) is 1. The Morgan fingerprint density at radius 1 is 1.59 bits per heavy atom. The van der Waals surface area contributed by atoms with Gasteiger partial charge in [0.15, 0.2) is 5.84 Å². The van der Waals surface area contributed by atoms with Gasteiger partial charge in [-0.25, -0.2) is 0 Å². The number of benzene rings is 1. The van der Waals surface area contributed by atoms with Crippen LogP contribution in [-0.2, 0) is 4.79 Å². The first-order valence-electron chi connectivity index (χ1n) is 5.15. The van der Waals surface area contributed by atoms with Crippen LogP contribution in [0.1, 0.15) is 25.3 Å². The van der Waals surface area contributed by atoms with Crippen LogP contribution in [0, 0.1) is 0 Å². The van der Waals surface area contributed by atoms with Crippen LogP contribution < -0.4 is 11.1 Å². The highest BCUT2D eigenvalue weighted by molar-refractivity contribution is 9.10. The minimum atomic E-state index is -0.0955. The molecule has 1 amide bonds. The van der Waals surface area contributed by atoms with Gasteiger partial charge < -0.3 is 16.3 Å². The van der Waals surface area contributed by atoms with E-state index in [2.05, 4.69) is 26.4 Å². The molecule has 0 bridgehead atoms. The fourth-order valence-corrected chi connectivity index (χ4v) is 1.69. The zero-order chi connectivity index (χ0) is 12.8. The van der Waals surface area contributed by atoms with Gasteiger partial charge in [-0.15, -0.1) is 0 Å². The number of amidine groups is 1. The Kier molecular flexibility index (Phi) is 4.96. The molecule has 0 heterocycles. The van der Waals surface area contributed by atoms with Gasteiger partial charge in [0.05, 0.1) is 5.69 Å². The second kappa shape index (κ2) is 6.24. The van der Waals surface area contributed by atoms with Gasteiger partial charge in [-0.1, -0.05) is 28.0 Å². The predicted octanol–water partition coefficient (Wildman–Crippen LogP) is 2.28. The first-order chi connectivity index (χ1) is 8.08. The molecule has 0 radical (unpaired) electrons. The van der Waals surface area contributed by atoms with Crippen molar-refractivity contribution in [2.45, 2.75) is 19.8 Å². The lowest BCUT2D eigenvalue weighted by Gasteiger charge is -2.10. The highest BCUT2D eigenvalue weighted by Crippen LogP contribution is 2.21. The third-order valence-electron chi connectivity index (χ3n) is 2.12. The largest absolute Gasteiger partial charge is 0.409 e. The molecule has 0 spiro atoms. The van der Waals surface area contributed by atoms with Crippen LogP contribution in [0.25, 0.3) is 0 Å². The molecule has 17 heavy (non-hydrogen) atoms. The Balaban J connectivity index is 3.02. The molecule has 0 aliphatic heterocycles. The van der Waals surface area contributed by atoms with Crippen molar-refractivity contribution in [3.8, 4) is 0 Å². The van der Waals surface area contributed by atoms with Gasteiger partial charge in [0.1, 0.15) is 0 Å². The smallest absolute Gasteiger partial charge is 0.224 e. The molecular formula is C11H14BrN3O2. The molecule has 0 aliphatic carbocycles. The Morgan fingerprint density at radius 2 is 2.29 bits per heavy atom. The van der Waals surface area contributed by atoms with E-state index < -0.39 is 0 Å². The first kappa shape index (κ1) is 13.5. The van der Waals surface area contributed by atoms with Crippen molar-refractivity contribution < 1.29 is 10.0 Å². The van der Waals surface area contributed by atoms with Gasteiger partial charge in [-0.05, 0) is 24.6 Å². The minimum Gasteiger partial charge on any atom is -0.409 e. The summed E-state index contributed by atoms with van der Waals surface area (Å²) in [7, 11) is 0. The van der Waals surface area contributed by atoms with Crippen molar-refractivity contribution in [1.29, 1.82) is 0 Å². The zero-order valence-electron chi connectivity index (χ0n) is 9.40. The molecule has 0 atom stereocenters. The maximum Gasteiger partial charge on any atom is 0.224 e. The van der Waals surface area contributed by atoms with Crippen molar-refractivity contribution in [2.75, 3.05) is 5.32 Å². The van der Waals surface area contributed by atoms with Crippen LogP contribution in [0.3, 0.4) is 0 Å². The highest BCUT2D eigenvalue weighted by atomic mass is 79.9. The number of amides is 1. The Labute approximate surface area is 108 Å². The molecule has 0 aromatic heterocycles. The second-order valence-electron chi connectivity index (χ2n) is 3.47. The Hall–Kier alpha value is -1.56. The molecule has 0 saturated carbocycles. The standard InChI is InChI=1S/C11H14BrN3O2/c1-2-3-10(16)14-9-5-4-7(12)6-8(9)11(13)15-17/h4-6,17H,2-3H2,1H3,(H2,13,15)(H,14,16). The number of rotatable bonds is 4. The van der Waals surface area contributed by atoms with Crippen molar-refractivity contribution in [1.82, 2.24) is 0 Å². The van der Waals surface area contributed by atoms with Crippen molar-refractivity contribution in [2.24, 2.45) is 10.9 Å². The Morgan fingerprint density at radius 3 is 2.88 bits per heavy atom. The quantitative estimate of drug-likeness (QED) is 0.345. The van der Waals surface area contributed by atoms with E-state index in [4.69, 9.17) is 10.9 Å². The van der Waals surface area contributed by atoms with Gasteiger partial charge in [0, 0.05) is 16.5 Å². The van der Waals surface area contributed by atoms with Gasteiger partial charge in [0.2, 0.25) is 5.91 Å². The normalized spacial score (nSPS) is 11.3. The molecule has 0 aliphatic rings. The van der Waals surface area contributed by atoms with Crippen LogP contribution in [0.5, 0.6) is 0 Å².